The number of hydrogen-bond donors (Lipinski definition) is 1. The Morgan fingerprint density at radius 1 is 1.50 bits per heavy atom. The van der Waals surface area contributed by atoms with Crippen molar-refractivity contribution in [2.45, 2.75) is 45.0 Å². The first-order chi connectivity index (χ1) is 8.47. The van der Waals surface area contributed by atoms with Crippen molar-refractivity contribution in [3.05, 3.63) is 0 Å². The summed E-state index contributed by atoms with van der Waals surface area (Å²) in [6.07, 6.45) is 1.21. The van der Waals surface area contributed by atoms with E-state index in [9.17, 15) is 9.59 Å². The molecule has 1 aliphatic heterocycles. The summed E-state index contributed by atoms with van der Waals surface area (Å²) in [5.74, 6) is -0.267. The Kier molecular flexibility index (Phi) is 5.78. The number of amides is 1. The van der Waals surface area contributed by atoms with Gasteiger partial charge in [0, 0.05) is 5.75 Å². The van der Waals surface area contributed by atoms with Crippen LogP contribution in [0.15, 0.2) is 0 Å². The number of hydrogen-bond acceptors (Lipinski definition) is 4. The lowest BCUT2D eigenvalue weighted by Crippen LogP contribution is -2.46. The minimum atomic E-state index is -0.956. The average molecular weight is 275 g/mol. The first kappa shape index (κ1) is 15.1. The van der Waals surface area contributed by atoms with Crippen LogP contribution in [0.4, 0.5) is 4.79 Å². The molecule has 2 atom stereocenters. The van der Waals surface area contributed by atoms with E-state index in [1.54, 1.807) is 0 Å². The number of ether oxygens (including phenoxy) is 1. The normalized spacial score (nSPS) is 23.4. The molecule has 1 aliphatic rings. The Bertz CT molecular complexity index is 308. The number of nitrogens with zero attached hydrogens (tertiary/aromatic N) is 1. The van der Waals surface area contributed by atoms with Gasteiger partial charge < -0.3 is 9.84 Å². The summed E-state index contributed by atoms with van der Waals surface area (Å²) in [7, 11) is 0. The van der Waals surface area contributed by atoms with Crippen molar-refractivity contribution in [3.8, 4) is 0 Å². The average Bonchev–Trinajstić information content (AvgIpc) is 2.70. The van der Waals surface area contributed by atoms with Crippen LogP contribution in [0.1, 0.15) is 33.6 Å². The van der Waals surface area contributed by atoms with Crippen LogP contribution in [0.3, 0.4) is 0 Å². The molecule has 1 saturated heterocycles. The molecule has 6 heteroatoms. The molecule has 0 bridgehead atoms. The van der Waals surface area contributed by atoms with Crippen molar-refractivity contribution >= 4 is 23.8 Å². The zero-order chi connectivity index (χ0) is 13.7. The van der Waals surface area contributed by atoms with Crippen LogP contribution in [0.25, 0.3) is 0 Å². The highest BCUT2D eigenvalue weighted by Gasteiger charge is 2.42. The maximum absolute atomic E-state index is 12.0. The third kappa shape index (κ3) is 3.80. The van der Waals surface area contributed by atoms with Crippen molar-refractivity contribution in [3.63, 3.8) is 0 Å². The third-order valence-electron chi connectivity index (χ3n) is 2.66. The van der Waals surface area contributed by atoms with E-state index in [-0.39, 0.29) is 11.3 Å². The second-order valence-corrected chi connectivity index (χ2v) is 6.02. The van der Waals surface area contributed by atoms with Crippen molar-refractivity contribution in [2.75, 3.05) is 12.4 Å². The van der Waals surface area contributed by atoms with Crippen molar-refractivity contribution in [2.24, 2.45) is 5.92 Å². The number of thioether (sulfide) groups is 1. The standard InChI is InChI=1S/C12H21NO4S/c1-4-5-10-13(9(7-18-10)11(14)15)12(16)17-6-8(2)3/h8-10H,4-7H2,1-3H3,(H,14,15). The minimum Gasteiger partial charge on any atom is -0.480 e. The first-order valence-corrected chi connectivity index (χ1v) is 7.31. The van der Waals surface area contributed by atoms with Gasteiger partial charge in [-0.2, -0.15) is 0 Å². The van der Waals surface area contributed by atoms with Crippen LogP contribution >= 0.6 is 11.8 Å². The second kappa shape index (κ2) is 6.87. The Balaban J connectivity index is 2.69. The number of rotatable bonds is 5. The van der Waals surface area contributed by atoms with Gasteiger partial charge in [0.05, 0.1) is 12.0 Å². The molecule has 0 aromatic carbocycles. The number of carboxylic acids is 1. The summed E-state index contributed by atoms with van der Waals surface area (Å²) < 4.78 is 5.15. The minimum absolute atomic E-state index is 0.0734. The SMILES string of the molecule is CCCC1SCC(C(=O)O)N1C(=O)OCC(C)C. The van der Waals surface area contributed by atoms with Crippen molar-refractivity contribution < 1.29 is 19.4 Å². The van der Waals surface area contributed by atoms with Crippen LogP contribution in [0.5, 0.6) is 0 Å². The molecule has 1 N–H and O–H groups in total. The van der Waals surface area contributed by atoms with E-state index in [1.807, 2.05) is 20.8 Å². The highest BCUT2D eigenvalue weighted by molar-refractivity contribution is 8.00. The molecule has 0 radical (unpaired) electrons. The summed E-state index contributed by atoms with van der Waals surface area (Å²) in [5, 5.41) is 9.06. The topological polar surface area (TPSA) is 66.8 Å². The van der Waals surface area contributed by atoms with Crippen LogP contribution in [-0.4, -0.2) is 45.8 Å². The highest BCUT2D eigenvalue weighted by Crippen LogP contribution is 2.32. The lowest BCUT2D eigenvalue weighted by atomic mass is 10.2. The molecule has 0 aromatic rings. The highest BCUT2D eigenvalue weighted by atomic mass is 32.2. The fourth-order valence-electron chi connectivity index (χ4n) is 1.78. The van der Waals surface area contributed by atoms with Crippen LogP contribution in [0.2, 0.25) is 0 Å². The van der Waals surface area contributed by atoms with Gasteiger partial charge in [0.2, 0.25) is 0 Å². The molecule has 1 amide bonds. The maximum atomic E-state index is 12.0. The fourth-order valence-corrected chi connectivity index (χ4v) is 3.28. The maximum Gasteiger partial charge on any atom is 0.411 e. The molecule has 1 rings (SSSR count). The molecule has 0 spiro atoms. The van der Waals surface area contributed by atoms with Crippen molar-refractivity contribution in [1.29, 1.82) is 0 Å². The van der Waals surface area contributed by atoms with E-state index in [0.29, 0.717) is 12.4 Å². The Labute approximate surface area is 112 Å². The van der Waals surface area contributed by atoms with E-state index in [1.165, 1.54) is 16.7 Å². The Morgan fingerprint density at radius 3 is 2.67 bits per heavy atom. The molecule has 2 unspecified atom stereocenters. The molecular formula is C12H21NO4S. The summed E-state index contributed by atoms with van der Waals surface area (Å²) in [5.41, 5.74) is 0. The van der Waals surface area contributed by atoms with E-state index < -0.39 is 18.1 Å². The largest absolute Gasteiger partial charge is 0.480 e. The zero-order valence-electron chi connectivity index (χ0n) is 11.1. The van der Waals surface area contributed by atoms with Gasteiger partial charge in [0.15, 0.2) is 0 Å². The summed E-state index contributed by atoms with van der Waals surface area (Å²) in [6.45, 7) is 6.24. The van der Waals surface area contributed by atoms with Gasteiger partial charge in [0.1, 0.15) is 6.04 Å². The van der Waals surface area contributed by atoms with Gasteiger partial charge >= 0.3 is 12.1 Å². The van der Waals surface area contributed by atoms with Gasteiger partial charge in [-0.1, -0.05) is 27.2 Å². The summed E-state index contributed by atoms with van der Waals surface area (Å²) in [4.78, 5) is 24.5. The molecule has 1 fully saturated rings. The quantitative estimate of drug-likeness (QED) is 0.834. The van der Waals surface area contributed by atoms with E-state index >= 15 is 0 Å². The van der Waals surface area contributed by atoms with Gasteiger partial charge in [-0.25, -0.2) is 9.59 Å². The number of aliphatic carboxylic acids is 1. The molecule has 0 aromatic heterocycles. The van der Waals surface area contributed by atoms with Gasteiger partial charge in [-0.3, -0.25) is 4.90 Å². The Hall–Kier alpha value is -0.910. The molecular weight excluding hydrogens is 254 g/mol. The zero-order valence-corrected chi connectivity index (χ0v) is 11.9. The second-order valence-electron chi connectivity index (χ2n) is 4.81. The van der Waals surface area contributed by atoms with Crippen LogP contribution in [-0.2, 0) is 9.53 Å². The monoisotopic (exact) mass is 275 g/mol. The molecule has 104 valence electrons. The third-order valence-corrected chi connectivity index (χ3v) is 4.02. The van der Waals surface area contributed by atoms with E-state index in [4.69, 9.17) is 9.84 Å². The Morgan fingerprint density at radius 2 is 2.17 bits per heavy atom. The van der Waals surface area contributed by atoms with Crippen molar-refractivity contribution in [1.82, 2.24) is 4.90 Å². The number of carbonyl (C=O) groups excluding carboxylic acids is 1. The molecule has 1 heterocycles. The smallest absolute Gasteiger partial charge is 0.411 e. The number of carboxylic acid groups (broad SMARTS) is 1. The molecule has 0 aliphatic carbocycles. The summed E-state index contributed by atoms with van der Waals surface area (Å²) in [6, 6.07) is -0.758. The van der Waals surface area contributed by atoms with E-state index in [0.717, 1.165) is 12.8 Å². The molecule has 0 saturated carbocycles. The first-order valence-electron chi connectivity index (χ1n) is 6.26. The predicted molar refractivity (Wildman–Crippen MR) is 70.6 cm³/mol. The lowest BCUT2D eigenvalue weighted by Gasteiger charge is -2.26. The van der Waals surface area contributed by atoms with Gasteiger partial charge in [-0.05, 0) is 12.3 Å². The molecule has 5 nitrogen and oxygen atoms in total. The van der Waals surface area contributed by atoms with Crippen LogP contribution in [0, 0.1) is 5.92 Å². The number of carbonyl (C=O) groups is 2. The lowest BCUT2D eigenvalue weighted by molar-refractivity contribution is -0.141. The predicted octanol–water partition coefficient (Wildman–Crippen LogP) is 2.41. The van der Waals surface area contributed by atoms with E-state index in [2.05, 4.69) is 0 Å². The fraction of sp³-hybridized carbons (Fsp3) is 0.833. The summed E-state index contributed by atoms with van der Waals surface area (Å²) >= 11 is 1.52. The van der Waals surface area contributed by atoms with Gasteiger partial charge in [0.25, 0.3) is 0 Å². The van der Waals surface area contributed by atoms with Gasteiger partial charge in [-0.15, -0.1) is 11.8 Å². The van der Waals surface area contributed by atoms with Crippen LogP contribution < -0.4 is 0 Å². The molecule has 18 heavy (non-hydrogen) atoms.